The van der Waals surface area contributed by atoms with Crippen molar-refractivity contribution >= 4 is 17.3 Å². The Morgan fingerprint density at radius 3 is 2.67 bits per heavy atom. The standard InChI is InChI=1S/C12H16N2O4/c1-8(2)11(7-12(15)16)13-9-4-3-5-10(6-9)14(17)18/h3-6,8,11,13H,7H2,1-2H3,(H,15,16). The number of nitrogens with zero attached hydrogens (tertiary/aromatic N) is 1. The molecule has 1 unspecified atom stereocenters. The van der Waals surface area contributed by atoms with E-state index < -0.39 is 10.9 Å². The Morgan fingerprint density at radius 2 is 2.17 bits per heavy atom. The monoisotopic (exact) mass is 252 g/mol. The van der Waals surface area contributed by atoms with Crippen LogP contribution in [0.25, 0.3) is 0 Å². The number of hydrogen-bond donors (Lipinski definition) is 2. The summed E-state index contributed by atoms with van der Waals surface area (Å²) >= 11 is 0. The average molecular weight is 252 g/mol. The predicted octanol–water partition coefficient (Wildman–Crippen LogP) is 2.51. The zero-order chi connectivity index (χ0) is 13.7. The van der Waals surface area contributed by atoms with Gasteiger partial charge in [0.15, 0.2) is 0 Å². The lowest BCUT2D eigenvalue weighted by Crippen LogP contribution is -2.28. The number of nitro benzene ring substituents is 1. The smallest absolute Gasteiger partial charge is 0.305 e. The van der Waals surface area contributed by atoms with Crippen molar-refractivity contribution in [2.45, 2.75) is 26.3 Å². The number of non-ortho nitro benzene ring substituents is 1. The number of carbonyl (C=O) groups is 1. The number of nitro groups is 1. The van der Waals surface area contributed by atoms with Gasteiger partial charge in [-0.05, 0) is 12.0 Å². The van der Waals surface area contributed by atoms with Crippen molar-refractivity contribution in [1.82, 2.24) is 0 Å². The molecule has 0 aliphatic heterocycles. The van der Waals surface area contributed by atoms with Gasteiger partial charge < -0.3 is 10.4 Å². The van der Waals surface area contributed by atoms with Gasteiger partial charge in [-0.2, -0.15) is 0 Å². The van der Waals surface area contributed by atoms with Gasteiger partial charge in [-0.3, -0.25) is 14.9 Å². The van der Waals surface area contributed by atoms with Gasteiger partial charge in [0, 0.05) is 23.9 Å². The molecular weight excluding hydrogens is 236 g/mol. The van der Waals surface area contributed by atoms with Crippen molar-refractivity contribution in [3.05, 3.63) is 34.4 Å². The van der Waals surface area contributed by atoms with Gasteiger partial charge in [0.1, 0.15) is 0 Å². The molecule has 1 aromatic rings. The summed E-state index contributed by atoms with van der Waals surface area (Å²) in [6.45, 7) is 3.80. The van der Waals surface area contributed by atoms with Gasteiger partial charge >= 0.3 is 5.97 Å². The molecule has 6 heteroatoms. The van der Waals surface area contributed by atoms with Crippen molar-refractivity contribution in [3.8, 4) is 0 Å². The summed E-state index contributed by atoms with van der Waals surface area (Å²) < 4.78 is 0. The highest BCUT2D eigenvalue weighted by atomic mass is 16.6. The van der Waals surface area contributed by atoms with Gasteiger partial charge in [-0.25, -0.2) is 0 Å². The molecule has 2 N–H and O–H groups in total. The van der Waals surface area contributed by atoms with E-state index in [4.69, 9.17) is 5.11 Å². The Balaban J connectivity index is 2.83. The minimum absolute atomic E-state index is 0.0159. The Labute approximate surface area is 105 Å². The van der Waals surface area contributed by atoms with Crippen LogP contribution in [-0.4, -0.2) is 22.0 Å². The molecule has 0 radical (unpaired) electrons. The molecule has 1 aromatic carbocycles. The molecule has 0 saturated carbocycles. The van der Waals surface area contributed by atoms with Gasteiger partial charge in [0.2, 0.25) is 0 Å². The van der Waals surface area contributed by atoms with E-state index in [0.29, 0.717) is 5.69 Å². The lowest BCUT2D eigenvalue weighted by molar-refractivity contribution is -0.384. The van der Waals surface area contributed by atoms with Crippen LogP contribution in [0, 0.1) is 16.0 Å². The Bertz CT molecular complexity index is 445. The Morgan fingerprint density at radius 1 is 1.50 bits per heavy atom. The molecule has 0 bridgehead atoms. The SMILES string of the molecule is CC(C)C(CC(=O)O)Nc1cccc([N+](=O)[O-])c1. The van der Waals surface area contributed by atoms with Crippen LogP contribution in [-0.2, 0) is 4.79 Å². The van der Waals surface area contributed by atoms with Crippen LogP contribution >= 0.6 is 0 Å². The molecule has 0 aliphatic rings. The van der Waals surface area contributed by atoms with Crippen LogP contribution in [0.5, 0.6) is 0 Å². The molecule has 1 atom stereocenters. The summed E-state index contributed by atoms with van der Waals surface area (Å²) in [6.07, 6.45) is -0.0274. The minimum atomic E-state index is -0.897. The molecule has 6 nitrogen and oxygen atoms in total. The maximum atomic E-state index is 10.7. The third kappa shape index (κ3) is 4.04. The van der Waals surface area contributed by atoms with Crippen molar-refractivity contribution in [3.63, 3.8) is 0 Å². The molecule has 98 valence electrons. The van der Waals surface area contributed by atoms with Crippen LogP contribution in [0.2, 0.25) is 0 Å². The van der Waals surface area contributed by atoms with Crippen molar-refractivity contribution in [2.75, 3.05) is 5.32 Å². The summed E-state index contributed by atoms with van der Waals surface area (Å²) in [6, 6.07) is 5.79. The third-order valence-corrected chi connectivity index (χ3v) is 2.61. The maximum absolute atomic E-state index is 10.7. The van der Waals surface area contributed by atoms with E-state index in [2.05, 4.69) is 5.32 Å². The summed E-state index contributed by atoms with van der Waals surface area (Å²) in [5.41, 5.74) is 0.544. The van der Waals surface area contributed by atoms with Crippen molar-refractivity contribution in [2.24, 2.45) is 5.92 Å². The molecular formula is C12H16N2O4. The van der Waals surface area contributed by atoms with Gasteiger partial charge in [-0.15, -0.1) is 0 Å². The van der Waals surface area contributed by atoms with Crippen LogP contribution in [0.3, 0.4) is 0 Å². The Hall–Kier alpha value is -2.11. The normalized spacial score (nSPS) is 12.2. The van der Waals surface area contributed by atoms with E-state index in [-0.39, 0.29) is 24.1 Å². The maximum Gasteiger partial charge on any atom is 0.305 e. The van der Waals surface area contributed by atoms with Crippen molar-refractivity contribution in [1.29, 1.82) is 0 Å². The topological polar surface area (TPSA) is 92.5 Å². The van der Waals surface area contributed by atoms with E-state index >= 15 is 0 Å². The molecule has 0 saturated heterocycles. The summed E-state index contributed by atoms with van der Waals surface area (Å²) in [4.78, 5) is 20.9. The highest BCUT2D eigenvalue weighted by Gasteiger charge is 2.17. The average Bonchev–Trinajstić information content (AvgIpc) is 2.27. The van der Waals surface area contributed by atoms with Crippen LogP contribution in [0.1, 0.15) is 20.3 Å². The summed E-state index contributed by atoms with van der Waals surface area (Å²) in [5, 5.41) is 22.5. The fraction of sp³-hybridized carbons (Fsp3) is 0.417. The van der Waals surface area contributed by atoms with Crippen molar-refractivity contribution < 1.29 is 14.8 Å². The molecule has 0 aromatic heterocycles. The van der Waals surface area contributed by atoms with Crippen LogP contribution in [0.4, 0.5) is 11.4 Å². The first-order valence-corrected chi connectivity index (χ1v) is 5.63. The van der Waals surface area contributed by atoms with Gasteiger partial charge in [-0.1, -0.05) is 19.9 Å². The number of anilines is 1. The minimum Gasteiger partial charge on any atom is -0.481 e. The van der Waals surface area contributed by atoms with E-state index in [9.17, 15) is 14.9 Å². The number of aliphatic carboxylic acids is 1. The number of nitrogens with one attached hydrogen (secondary N) is 1. The van der Waals surface area contributed by atoms with Gasteiger partial charge in [0.05, 0.1) is 11.3 Å². The summed E-state index contributed by atoms with van der Waals surface area (Å²) in [5.74, 6) is -0.785. The largest absolute Gasteiger partial charge is 0.481 e. The number of carboxylic acids is 1. The quantitative estimate of drug-likeness (QED) is 0.599. The van der Waals surface area contributed by atoms with Crippen LogP contribution in [0.15, 0.2) is 24.3 Å². The lowest BCUT2D eigenvalue weighted by Gasteiger charge is -2.21. The molecule has 1 rings (SSSR count). The Kier molecular flexibility index (Phi) is 4.65. The zero-order valence-corrected chi connectivity index (χ0v) is 10.3. The highest BCUT2D eigenvalue weighted by Crippen LogP contribution is 2.20. The number of rotatable bonds is 6. The van der Waals surface area contributed by atoms with Gasteiger partial charge in [0.25, 0.3) is 5.69 Å². The predicted molar refractivity (Wildman–Crippen MR) is 67.6 cm³/mol. The molecule has 0 heterocycles. The van der Waals surface area contributed by atoms with E-state index in [0.717, 1.165) is 0 Å². The van der Waals surface area contributed by atoms with E-state index in [1.54, 1.807) is 12.1 Å². The van der Waals surface area contributed by atoms with Crippen LogP contribution < -0.4 is 5.32 Å². The number of carboxylic acid groups (broad SMARTS) is 1. The molecule has 0 amide bonds. The molecule has 0 aliphatic carbocycles. The van der Waals surface area contributed by atoms with E-state index in [1.807, 2.05) is 13.8 Å². The molecule has 0 fully saturated rings. The first kappa shape index (κ1) is 14.0. The summed E-state index contributed by atoms with van der Waals surface area (Å²) in [7, 11) is 0. The first-order chi connectivity index (χ1) is 8.40. The number of hydrogen-bond acceptors (Lipinski definition) is 4. The highest BCUT2D eigenvalue weighted by molar-refractivity contribution is 5.68. The third-order valence-electron chi connectivity index (χ3n) is 2.61. The van der Waals surface area contributed by atoms with E-state index in [1.165, 1.54) is 12.1 Å². The fourth-order valence-electron chi connectivity index (χ4n) is 1.56. The fourth-order valence-corrected chi connectivity index (χ4v) is 1.56. The molecule has 0 spiro atoms. The second kappa shape index (κ2) is 6.00. The number of benzene rings is 1. The second-order valence-corrected chi connectivity index (χ2v) is 4.40. The zero-order valence-electron chi connectivity index (χ0n) is 10.3. The second-order valence-electron chi connectivity index (χ2n) is 4.40. The first-order valence-electron chi connectivity index (χ1n) is 5.63. The lowest BCUT2D eigenvalue weighted by atomic mass is 10.0. The molecule has 18 heavy (non-hydrogen) atoms.